The molecule has 3 heterocycles. The molecule has 126 valence electrons. The van der Waals surface area contributed by atoms with Gasteiger partial charge in [0, 0.05) is 18.0 Å². The molecule has 0 aromatic carbocycles. The minimum absolute atomic E-state index is 0.199. The van der Waals surface area contributed by atoms with E-state index in [-0.39, 0.29) is 5.75 Å². The predicted molar refractivity (Wildman–Crippen MR) is 96.1 cm³/mol. The van der Waals surface area contributed by atoms with Crippen LogP contribution in [0.15, 0.2) is 12.4 Å². The van der Waals surface area contributed by atoms with Gasteiger partial charge in [-0.15, -0.1) is 11.3 Å². The van der Waals surface area contributed by atoms with Crippen molar-refractivity contribution in [1.82, 2.24) is 9.97 Å². The van der Waals surface area contributed by atoms with Crippen LogP contribution in [0, 0.1) is 0 Å². The minimum atomic E-state index is -3.06. The Balaban J connectivity index is 2.04. The number of anilines is 1. The zero-order valence-electron chi connectivity index (χ0n) is 13.9. The van der Waals surface area contributed by atoms with Gasteiger partial charge >= 0.3 is 0 Å². The normalized spacial score (nSPS) is 20.0. The summed E-state index contributed by atoms with van der Waals surface area (Å²) in [5.74, 6) is 1.08. The maximum atomic E-state index is 12.6. The van der Waals surface area contributed by atoms with Gasteiger partial charge < -0.3 is 4.90 Å². The summed E-state index contributed by atoms with van der Waals surface area (Å²) >= 11 is 1.69. The van der Waals surface area contributed by atoms with Crippen molar-refractivity contribution in [2.24, 2.45) is 0 Å². The predicted octanol–water partition coefficient (Wildman–Crippen LogP) is 3.05. The zero-order chi connectivity index (χ0) is 16.7. The highest BCUT2D eigenvalue weighted by Crippen LogP contribution is 2.36. The van der Waals surface area contributed by atoms with Gasteiger partial charge in [-0.25, -0.2) is 18.4 Å². The van der Waals surface area contributed by atoms with Gasteiger partial charge in [0.15, 0.2) is 9.84 Å². The Morgan fingerprint density at radius 2 is 2.00 bits per heavy atom. The number of aryl methyl sites for hydroxylation is 1. The third kappa shape index (κ3) is 2.63. The quantitative estimate of drug-likeness (QED) is 0.845. The van der Waals surface area contributed by atoms with Crippen LogP contribution >= 0.6 is 11.3 Å². The van der Waals surface area contributed by atoms with Crippen molar-refractivity contribution in [2.45, 2.75) is 44.8 Å². The number of thiophene rings is 1. The van der Waals surface area contributed by atoms with Crippen molar-refractivity contribution in [3.8, 4) is 0 Å². The number of rotatable bonds is 4. The Morgan fingerprint density at radius 3 is 2.65 bits per heavy atom. The van der Waals surface area contributed by atoms with Crippen LogP contribution in [0.1, 0.15) is 38.5 Å². The second-order valence-corrected chi connectivity index (χ2v) is 9.73. The first-order chi connectivity index (χ1) is 11.0. The molecule has 0 N–H and O–H groups in total. The lowest BCUT2D eigenvalue weighted by molar-refractivity contribution is 0.458. The summed E-state index contributed by atoms with van der Waals surface area (Å²) in [6, 6.07) is 2.15. The molecule has 5 nitrogen and oxygen atoms in total. The van der Waals surface area contributed by atoms with Crippen LogP contribution < -0.4 is 4.90 Å². The van der Waals surface area contributed by atoms with Gasteiger partial charge in [-0.3, -0.25) is 0 Å². The third-order valence-corrected chi connectivity index (χ3v) is 9.00. The number of hydrogen-bond acceptors (Lipinski definition) is 6. The second-order valence-electron chi connectivity index (χ2n) is 6.11. The highest BCUT2D eigenvalue weighted by Gasteiger charge is 2.45. The highest BCUT2D eigenvalue weighted by atomic mass is 32.2. The summed E-state index contributed by atoms with van der Waals surface area (Å²) in [5, 5.41) is 1.05. The van der Waals surface area contributed by atoms with Crippen LogP contribution in [0.25, 0.3) is 10.2 Å². The molecular weight excluding hydrogens is 330 g/mol. The average Bonchev–Trinajstić information content (AvgIpc) is 2.98. The van der Waals surface area contributed by atoms with E-state index in [4.69, 9.17) is 0 Å². The lowest BCUT2D eigenvalue weighted by Gasteiger charge is -2.42. The monoisotopic (exact) mass is 353 g/mol. The van der Waals surface area contributed by atoms with Crippen LogP contribution in [-0.4, -0.2) is 42.0 Å². The first kappa shape index (κ1) is 16.6. The van der Waals surface area contributed by atoms with E-state index >= 15 is 0 Å². The number of sulfone groups is 1. The van der Waals surface area contributed by atoms with Crippen molar-refractivity contribution in [2.75, 3.05) is 23.7 Å². The number of hydrogen-bond donors (Lipinski definition) is 0. The van der Waals surface area contributed by atoms with E-state index in [0.29, 0.717) is 25.9 Å². The molecule has 0 spiro atoms. The van der Waals surface area contributed by atoms with Gasteiger partial charge in [0.25, 0.3) is 0 Å². The van der Waals surface area contributed by atoms with Gasteiger partial charge in [-0.2, -0.15) is 0 Å². The minimum Gasteiger partial charge on any atom is -0.353 e. The first-order valence-electron chi connectivity index (χ1n) is 8.17. The number of aromatic nitrogens is 2. The SMILES string of the molecule is CCc1cc2c(N3CCS(=O)(=O)C(CC)(CC)C3)ncnc2s1. The highest BCUT2D eigenvalue weighted by molar-refractivity contribution is 7.92. The summed E-state index contributed by atoms with van der Waals surface area (Å²) in [7, 11) is -3.06. The lowest BCUT2D eigenvalue weighted by atomic mass is 10.0. The van der Waals surface area contributed by atoms with Crippen LogP contribution in [-0.2, 0) is 16.3 Å². The van der Waals surface area contributed by atoms with E-state index in [9.17, 15) is 8.42 Å². The molecule has 1 fully saturated rings. The molecule has 1 saturated heterocycles. The van der Waals surface area contributed by atoms with Gasteiger partial charge in [-0.05, 0) is 25.3 Å². The molecule has 2 aromatic rings. The molecule has 23 heavy (non-hydrogen) atoms. The van der Waals surface area contributed by atoms with Crippen LogP contribution in [0.4, 0.5) is 5.82 Å². The summed E-state index contributed by atoms with van der Waals surface area (Å²) < 4.78 is 24.5. The molecule has 0 radical (unpaired) electrons. The van der Waals surface area contributed by atoms with Crippen molar-refractivity contribution in [3.63, 3.8) is 0 Å². The standard InChI is InChI=1S/C16H23N3O2S2/c1-4-12-9-13-14(17-11-18-15(13)22-12)19-7-8-23(20,21)16(5-2,6-3)10-19/h9,11H,4-8,10H2,1-3H3. The third-order valence-electron chi connectivity index (χ3n) is 5.06. The summed E-state index contributed by atoms with van der Waals surface area (Å²) in [6.45, 7) is 7.10. The molecule has 0 amide bonds. The molecule has 1 aliphatic heterocycles. The lowest BCUT2D eigenvalue weighted by Crippen LogP contribution is -2.56. The topological polar surface area (TPSA) is 63.2 Å². The van der Waals surface area contributed by atoms with Crippen LogP contribution in [0.5, 0.6) is 0 Å². The van der Waals surface area contributed by atoms with Crippen molar-refractivity contribution >= 4 is 37.2 Å². The summed E-state index contributed by atoms with van der Waals surface area (Å²) in [4.78, 5) is 13.3. The molecule has 0 bridgehead atoms. The molecule has 3 rings (SSSR count). The molecule has 0 atom stereocenters. The van der Waals surface area contributed by atoms with Gasteiger partial charge in [0.05, 0.1) is 15.9 Å². The Morgan fingerprint density at radius 1 is 1.26 bits per heavy atom. The fourth-order valence-electron chi connectivity index (χ4n) is 3.39. The van der Waals surface area contributed by atoms with E-state index in [1.165, 1.54) is 4.88 Å². The summed E-state index contributed by atoms with van der Waals surface area (Å²) in [6.07, 6.45) is 3.85. The Labute approximate surface area is 141 Å². The smallest absolute Gasteiger partial charge is 0.159 e. The largest absolute Gasteiger partial charge is 0.353 e. The van der Waals surface area contributed by atoms with E-state index in [2.05, 4.69) is 27.9 Å². The fraction of sp³-hybridized carbons (Fsp3) is 0.625. The maximum Gasteiger partial charge on any atom is 0.159 e. The molecule has 7 heteroatoms. The van der Waals surface area contributed by atoms with Crippen LogP contribution in [0.2, 0.25) is 0 Å². The van der Waals surface area contributed by atoms with Gasteiger partial charge in [0.2, 0.25) is 0 Å². The first-order valence-corrected chi connectivity index (χ1v) is 10.6. The fourth-order valence-corrected chi connectivity index (χ4v) is 6.44. The van der Waals surface area contributed by atoms with Crippen LogP contribution in [0.3, 0.4) is 0 Å². The molecule has 0 aliphatic carbocycles. The van der Waals surface area contributed by atoms with Crippen molar-refractivity contribution < 1.29 is 8.42 Å². The Bertz CT molecular complexity index is 810. The number of nitrogens with zero attached hydrogens (tertiary/aromatic N) is 3. The Kier molecular flexibility index (Phi) is 4.35. The molecule has 0 unspecified atom stereocenters. The zero-order valence-corrected chi connectivity index (χ0v) is 15.5. The van der Waals surface area contributed by atoms with E-state index in [1.54, 1.807) is 17.7 Å². The van der Waals surface area contributed by atoms with Gasteiger partial charge in [0.1, 0.15) is 17.0 Å². The molecular formula is C16H23N3O2S2. The van der Waals surface area contributed by atoms with E-state index in [0.717, 1.165) is 22.5 Å². The maximum absolute atomic E-state index is 12.6. The average molecular weight is 354 g/mol. The second kappa shape index (κ2) is 6.02. The molecule has 1 aliphatic rings. The van der Waals surface area contributed by atoms with Gasteiger partial charge in [-0.1, -0.05) is 20.8 Å². The van der Waals surface area contributed by atoms with Crippen molar-refractivity contribution in [1.29, 1.82) is 0 Å². The molecule has 2 aromatic heterocycles. The van der Waals surface area contributed by atoms with E-state index < -0.39 is 14.6 Å². The molecule has 0 saturated carbocycles. The number of fused-ring (bicyclic) bond motifs is 1. The summed E-state index contributed by atoms with van der Waals surface area (Å²) in [5.41, 5.74) is 0. The van der Waals surface area contributed by atoms with E-state index in [1.807, 2.05) is 13.8 Å². The Hall–Kier alpha value is -1.21. The van der Waals surface area contributed by atoms with Crippen molar-refractivity contribution in [3.05, 3.63) is 17.3 Å².